The van der Waals surface area contributed by atoms with Crippen LogP contribution in [0.15, 0.2) is 24.3 Å². The maximum atomic E-state index is 12.5. The summed E-state index contributed by atoms with van der Waals surface area (Å²) in [5.41, 5.74) is 1.44. The molecule has 0 bridgehead atoms. The quantitative estimate of drug-likeness (QED) is 0.785. The fourth-order valence-electron chi connectivity index (χ4n) is 3.23. The van der Waals surface area contributed by atoms with Crippen molar-refractivity contribution in [1.29, 1.82) is 0 Å². The number of amides is 1. The molecule has 0 fully saturated rings. The topological polar surface area (TPSA) is 77.6 Å². The van der Waals surface area contributed by atoms with E-state index in [0.29, 0.717) is 18.2 Å². The lowest BCUT2D eigenvalue weighted by molar-refractivity contribution is 0.0942. The molecule has 118 valence electrons. The zero-order valence-electron chi connectivity index (χ0n) is 13.2. The molecule has 3 heterocycles. The molecular weight excluding hydrogens is 292 g/mol. The van der Waals surface area contributed by atoms with E-state index in [9.17, 15) is 4.79 Å². The average Bonchev–Trinajstić information content (AvgIpc) is 3.21. The highest BCUT2D eigenvalue weighted by molar-refractivity contribution is 6.04. The van der Waals surface area contributed by atoms with Crippen molar-refractivity contribution in [3.8, 4) is 0 Å². The Morgan fingerprint density at radius 2 is 2.17 bits per heavy atom. The Morgan fingerprint density at radius 1 is 1.35 bits per heavy atom. The molecule has 4 rings (SSSR count). The van der Waals surface area contributed by atoms with Crippen LogP contribution in [0.2, 0.25) is 0 Å². The van der Waals surface area contributed by atoms with Gasteiger partial charge in [-0.25, -0.2) is 0 Å². The second-order valence-corrected chi connectivity index (χ2v) is 6.04. The molecule has 0 radical (unpaired) electrons. The van der Waals surface area contributed by atoms with Crippen molar-refractivity contribution in [3.05, 3.63) is 41.6 Å². The molecule has 1 N–H and O–H groups in total. The van der Waals surface area contributed by atoms with E-state index < -0.39 is 0 Å². The summed E-state index contributed by atoms with van der Waals surface area (Å²) in [4.78, 5) is 12.5. The molecule has 0 aliphatic carbocycles. The van der Waals surface area contributed by atoms with Gasteiger partial charge in [-0.3, -0.25) is 9.48 Å². The smallest absolute Gasteiger partial charge is 0.272 e. The predicted molar refractivity (Wildman–Crippen MR) is 85.0 cm³/mol. The summed E-state index contributed by atoms with van der Waals surface area (Å²) in [5, 5.41) is 16.5. The minimum Gasteiger partial charge on any atom is -0.350 e. The molecule has 7 nitrogen and oxygen atoms in total. The number of carbonyl (C=O) groups excluding carboxylic acids is 1. The van der Waals surface area contributed by atoms with Gasteiger partial charge in [-0.15, -0.1) is 10.2 Å². The van der Waals surface area contributed by atoms with Crippen molar-refractivity contribution in [1.82, 2.24) is 29.9 Å². The van der Waals surface area contributed by atoms with E-state index in [0.717, 1.165) is 35.5 Å². The number of aromatic nitrogens is 5. The fourth-order valence-corrected chi connectivity index (χ4v) is 3.23. The van der Waals surface area contributed by atoms with Crippen LogP contribution in [-0.2, 0) is 20.0 Å². The van der Waals surface area contributed by atoms with Gasteiger partial charge in [0.1, 0.15) is 11.6 Å². The Kier molecular flexibility index (Phi) is 3.14. The molecule has 1 amide bonds. The number of carbonyl (C=O) groups is 1. The summed E-state index contributed by atoms with van der Waals surface area (Å²) in [7, 11) is 1.85. The van der Waals surface area contributed by atoms with Gasteiger partial charge in [0.05, 0.1) is 5.52 Å². The molecule has 1 aromatic carbocycles. The van der Waals surface area contributed by atoms with Crippen LogP contribution in [-0.4, -0.2) is 37.0 Å². The summed E-state index contributed by atoms with van der Waals surface area (Å²) >= 11 is 0. The van der Waals surface area contributed by atoms with Gasteiger partial charge in [0.25, 0.3) is 5.91 Å². The van der Waals surface area contributed by atoms with E-state index >= 15 is 0 Å². The summed E-state index contributed by atoms with van der Waals surface area (Å²) < 4.78 is 3.86. The van der Waals surface area contributed by atoms with Crippen LogP contribution in [0.3, 0.4) is 0 Å². The first-order valence-corrected chi connectivity index (χ1v) is 7.72. The highest BCUT2D eigenvalue weighted by Gasteiger charge is 2.25. The third-order valence-electron chi connectivity index (χ3n) is 4.45. The standard InChI is InChI=1S/C16H18N6O/c1-10-18-19-14-7-11(9-22(10)14)8-17-16(23)15-12-5-3-4-6-13(12)21(2)20-15/h3-6,11H,7-9H2,1-2H3,(H,17,23). The molecule has 1 aliphatic rings. The highest BCUT2D eigenvalue weighted by Crippen LogP contribution is 2.20. The average molecular weight is 310 g/mol. The lowest BCUT2D eigenvalue weighted by Crippen LogP contribution is -2.30. The largest absolute Gasteiger partial charge is 0.350 e. The van der Waals surface area contributed by atoms with Gasteiger partial charge < -0.3 is 9.88 Å². The molecule has 2 aromatic heterocycles. The van der Waals surface area contributed by atoms with Gasteiger partial charge in [0.15, 0.2) is 5.69 Å². The summed E-state index contributed by atoms with van der Waals surface area (Å²) in [6, 6.07) is 7.76. The van der Waals surface area contributed by atoms with Gasteiger partial charge in [-0.05, 0) is 13.0 Å². The Morgan fingerprint density at radius 3 is 3.00 bits per heavy atom. The third kappa shape index (κ3) is 2.28. The summed E-state index contributed by atoms with van der Waals surface area (Å²) in [5.74, 6) is 2.17. The number of nitrogens with zero attached hydrogens (tertiary/aromatic N) is 5. The molecule has 1 aliphatic heterocycles. The second-order valence-electron chi connectivity index (χ2n) is 6.04. The Hall–Kier alpha value is -2.70. The van der Waals surface area contributed by atoms with Crippen molar-refractivity contribution in [2.75, 3.05) is 6.54 Å². The van der Waals surface area contributed by atoms with Crippen LogP contribution in [0.25, 0.3) is 10.9 Å². The van der Waals surface area contributed by atoms with Crippen LogP contribution >= 0.6 is 0 Å². The first-order valence-electron chi connectivity index (χ1n) is 7.72. The molecule has 7 heteroatoms. The van der Waals surface area contributed by atoms with Crippen LogP contribution < -0.4 is 5.32 Å². The van der Waals surface area contributed by atoms with E-state index in [2.05, 4.69) is 25.2 Å². The normalized spacial score (nSPS) is 16.7. The molecule has 1 atom stereocenters. The van der Waals surface area contributed by atoms with Gasteiger partial charge in [0, 0.05) is 37.9 Å². The van der Waals surface area contributed by atoms with Crippen molar-refractivity contribution in [2.24, 2.45) is 13.0 Å². The molecule has 23 heavy (non-hydrogen) atoms. The van der Waals surface area contributed by atoms with Crippen molar-refractivity contribution >= 4 is 16.8 Å². The fraction of sp³-hybridized carbons (Fsp3) is 0.375. The predicted octanol–water partition coefficient (Wildman–Crippen LogP) is 1.08. The van der Waals surface area contributed by atoms with Crippen LogP contribution in [0.4, 0.5) is 0 Å². The van der Waals surface area contributed by atoms with Crippen molar-refractivity contribution < 1.29 is 4.79 Å². The highest BCUT2D eigenvalue weighted by atomic mass is 16.1. The van der Waals surface area contributed by atoms with Crippen LogP contribution in [0.5, 0.6) is 0 Å². The number of hydrogen-bond acceptors (Lipinski definition) is 4. The van der Waals surface area contributed by atoms with E-state index in [1.807, 2.05) is 38.2 Å². The van der Waals surface area contributed by atoms with Crippen molar-refractivity contribution in [2.45, 2.75) is 19.9 Å². The van der Waals surface area contributed by atoms with E-state index in [1.165, 1.54) is 0 Å². The number of nitrogens with one attached hydrogen (secondary N) is 1. The molecule has 0 saturated carbocycles. The zero-order chi connectivity index (χ0) is 16.0. The lowest BCUT2D eigenvalue weighted by atomic mass is 10.1. The van der Waals surface area contributed by atoms with Gasteiger partial charge in [-0.1, -0.05) is 18.2 Å². The van der Waals surface area contributed by atoms with Crippen molar-refractivity contribution in [3.63, 3.8) is 0 Å². The Balaban J connectivity index is 1.46. The molecule has 0 saturated heterocycles. The zero-order valence-corrected chi connectivity index (χ0v) is 13.2. The minimum atomic E-state index is -0.124. The van der Waals surface area contributed by atoms with E-state index in [1.54, 1.807) is 4.68 Å². The number of benzene rings is 1. The number of para-hydroxylation sites is 1. The van der Waals surface area contributed by atoms with Gasteiger partial charge in [-0.2, -0.15) is 5.10 Å². The lowest BCUT2D eigenvalue weighted by Gasteiger charge is -2.10. The number of aryl methyl sites for hydroxylation is 2. The number of fused-ring (bicyclic) bond motifs is 2. The van der Waals surface area contributed by atoms with E-state index in [-0.39, 0.29) is 5.91 Å². The van der Waals surface area contributed by atoms with Gasteiger partial charge >= 0.3 is 0 Å². The van der Waals surface area contributed by atoms with Gasteiger partial charge in [0.2, 0.25) is 0 Å². The Labute approximate surface area is 133 Å². The SMILES string of the molecule is Cc1nnc2n1CC(CNC(=O)c1nn(C)c3ccccc13)C2. The Bertz CT molecular complexity index is 893. The maximum absolute atomic E-state index is 12.5. The van der Waals surface area contributed by atoms with E-state index in [4.69, 9.17) is 0 Å². The van der Waals surface area contributed by atoms with Crippen LogP contribution in [0.1, 0.15) is 22.1 Å². The number of hydrogen-bond donors (Lipinski definition) is 1. The molecular formula is C16H18N6O. The first-order chi connectivity index (χ1) is 11.1. The third-order valence-corrected chi connectivity index (χ3v) is 4.45. The minimum absolute atomic E-state index is 0.124. The second kappa shape index (κ2) is 5.19. The maximum Gasteiger partial charge on any atom is 0.272 e. The summed E-state index contributed by atoms with van der Waals surface area (Å²) in [6.07, 6.45) is 0.851. The van der Waals surface area contributed by atoms with Crippen LogP contribution in [0, 0.1) is 12.8 Å². The number of rotatable bonds is 3. The monoisotopic (exact) mass is 310 g/mol. The molecule has 3 aromatic rings. The molecule has 0 spiro atoms. The summed E-state index contributed by atoms with van der Waals surface area (Å²) in [6.45, 7) is 3.43. The molecule has 1 unspecified atom stereocenters. The first kappa shape index (κ1) is 13.9.